The second kappa shape index (κ2) is 4.00. The lowest BCUT2D eigenvalue weighted by Crippen LogP contribution is -2.21. The first-order valence-electron chi connectivity index (χ1n) is 2.41. The molecule has 8 heavy (non-hydrogen) atoms. The minimum absolute atomic E-state index is 0.135. The number of rotatable bonds is 3. The first kappa shape index (κ1) is 8.07. The third-order valence-electron chi connectivity index (χ3n) is 0.866. The molecule has 0 N–H and O–H groups in total. The van der Waals surface area contributed by atoms with Crippen molar-refractivity contribution in [1.82, 2.24) is 4.90 Å². The summed E-state index contributed by atoms with van der Waals surface area (Å²) in [5.41, 5.74) is 0. The summed E-state index contributed by atoms with van der Waals surface area (Å²) in [4.78, 5) is 1.71. The Morgan fingerprint density at radius 3 is 2.38 bits per heavy atom. The molecule has 0 aliphatic rings. The van der Waals surface area contributed by atoms with Crippen LogP contribution < -0.4 is 0 Å². The lowest BCUT2D eigenvalue weighted by Gasteiger charge is -2.14. The highest BCUT2D eigenvalue weighted by atomic mass is 32.2. The first-order chi connectivity index (χ1) is 3.66. The molecular formula is C4H10NO2S-. The van der Waals surface area contributed by atoms with Crippen LogP contribution >= 0.6 is 0 Å². The van der Waals surface area contributed by atoms with Crippen molar-refractivity contribution in [3.8, 4) is 0 Å². The molecule has 0 aromatic heterocycles. The van der Waals surface area contributed by atoms with Crippen LogP contribution in [0.5, 0.6) is 0 Å². The third-order valence-corrected chi connectivity index (χ3v) is 1.52. The molecule has 0 spiro atoms. The molecular weight excluding hydrogens is 126 g/mol. The highest BCUT2D eigenvalue weighted by Crippen LogP contribution is 1.81. The first-order valence-corrected chi connectivity index (χ1v) is 3.65. The highest BCUT2D eigenvalue weighted by molar-refractivity contribution is 7.79. The molecule has 0 bridgehead atoms. The van der Waals surface area contributed by atoms with E-state index in [1.807, 2.05) is 6.92 Å². The van der Waals surface area contributed by atoms with Crippen molar-refractivity contribution in [3.63, 3.8) is 0 Å². The zero-order chi connectivity index (χ0) is 6.57. The second-order valence-electron chi connectivity index (χ2n) is 1.61. The highest BCUT2D eigenvalue weighted by Gasteiger charge is 1.89. The van der Waals surface area contributed by atoms with Crippen LogP contribution in [0.2, 0.25) is 0 Å². The summed E-state index contributed by atoms with van der Waals surface area (Å²) in [5, 5.41) is 0. The fourth-order valence-electron chi connectivity index (χ4n) is 0.271. The van der Waals surface area contributed by atoms with E-state index in [0.29, 0.717) is 0 Å². The van der Waals surface area contributed by atoms with Crippen molar-refractivity contribution in [3.05, 3.63) is 0 Å². The van der Waals surface area contributed by atoms with Crippen LogP contribution in [0.4, 0.5) is 0 Å². The molecule has 4 heteroatoms. The minimum Gasteiger partial charge on any atom is -0.771 e. The smallest absolute Gasteiger partial charge is 0.0610 e. The molecule has 0 rings (SSSR count). The maximum atomic E-state index is 9.93. The summed E-state index contributed by atoms with van der Waals surface area (Å²) in [6.07, 6.45) is 0. The Kier molecular flexibility index (Phi) is 4.03. The van der Waals surface area contributed by atoms with Gasteiger partial charge in [0, 0.05) is 0 Å². The Bertz CT molecular complexity index is 86.1. The van der Waals surface area contributed by atoms with Crippen LogP contribution in [0.1, 0.15) is 6.92 Å². The zero-order valence-electron chi connectivity index (χ0n) is 5.09. The molecule has 1 atom stereocenters. The van der Waals surface area contributed by atoms with Gasteiger partial charge in [0.05, 0.1) is 5.88 Å². The molecule has 3 nitrogen and oxygen atoms in total. The van der Waals surface area contributed by atoms with Gasteiger partial charge >= 0.3 is 0 Å². The largest absolute Gasteiger partial charge is 0.771 e. The van der Waals surface area contributed by atoms with Gasteiger partial charge in [-0.2, -0.15) is 0 Å². The molecule has 0 fully saturated rings. The van der Waals surface area contributed by atoms with E-state index < -0.39 is 11.1 Å². The summed E-state index contributed by atoms with van der Waals surface area (Å²) in [5.74, 6) is 0.135. The maximum absolute atomic E-state index is 9.93. The summed E-state index contributed by atoms with van der Waals surface area (Å²) in [6.45, 7) is 2.68. The summed E-state index contributed by atoms with van der Waals surface area (Å²) in [6, 6.07) is 0. The zero-order valence-corrected chi connectivity index (χ0v) is 5.90. The third kappa shape index (κ3) is 4.23. The van der Waals surface area contributed by atoms with Gasteiger partial charge in [0.15, 0.2) is 0 Å². The Labute approximate surface area is 52.0 Å². The average Bonchev–Trinajstić information content (AvgIpc) is 1.65. The predicted molar refractivity (Wildman–Crippen MR) is 32.1 cm³/mol. The number of hydrogen-bond donors (Lipinski definition) is 0. The minimum atomic E-state index is -1.92. The molecule has 0 radical (unpaired) electrons. The van der Waals surface area contributed by atoms with Gasteiger partial charge in [-0.05, 0) is 24.7 Å². The molecule has 0 saturated heterocycles. The summed E-state index contributed by atoms with van der Waals surface area (Å²) < 4.78 is 19.9. The fourth-order valence-corrected chi connectivity index (χ4v) is 0.814. The van der Waals surface area contributed by atoms with E-state index in [-0.39, 0.29) is 5.88 Å². The summed E-state index contributed by atoms with van der Waals surface area (Å²) in [7, 11) is 1.76. The molecule has 50 valence electrons. The quantitative estimate of drug-likeness (QED) is 0.503. The van der Waals surface area contributed by atoms with Crippen LogP contribution in [-0.2, 0) is 11.1 Å². The Hall–Kier alpha value is 0.0700. The fraction of sp³-hybridized carbons (Fsp3) is 1.00. The van der Waals surface area contributed by atoms with Gasteiger partial charge in [-0.25, -0.2) is 0 Å². The van der Waals surface area contributed by atoms with Gasteiger partial charge < -0.3 is 4.55 Å². The molecule has 0 heterocycles. The Balaban J connectivity index is 3.24. The van der Waals surface area contributed by atoms with E-state index in [0.717, 1.165) is 6.54 Å². The van der Waals surface area contributed by atoms with E-state index >= 15 is 0 Å². The number of nitrogens with zero attached hydrogens (tertiary/aromatic N) is 1. The van der Waals surface area contributed by atoms with Crippen LogP contribution in [0, 0.1) is 0 Å². The van der Waals surface area contributed by atoms with E-state index in [1.54, 1.807) is 11.9 Å². The normalized spacial score (nSPS) is 14.5. The van der Waals surface area contributed by atoms with Crippen LogP contribution in [0.3, 0.4) is 0 Å². The lowest BCUT2D eigenvalue weighted by molar-refractivity contribution is 0.394. The Morgan fingerprint density at radius 2 is 2.25 bits per heavy atom. The molecule has 0 aliphatic heterocycles. The molecule has 1 unspecified atom stereocenters. The van der Waals surface area contributed by atoms with E-state index in [9.17, 15) is 8.76 Å². The van der Waals surface area contributed by atoms with Crippen LogP contribution in [0.15, 0.2) is 0 Å². The van der Waals surface area contributed by atoms with Crippen molar-refractivity contribution < 1.29 is 8.76 Å². The molecule has 0 aromatic rings. The van der Waals surface area contributed by atoms with Gasteiger partial charge in [-0.3, -0.25) is 9.11 Å². The van der Waals surface area contributed by atoms with Gasteiger partial charge in [0.1, 0.15) is 0 Å². The van der Waals surface area contributed by atoms with E-state index in [2.05, 4.69) is 0 Å². The van der Waals surface area contributed by atoms with Crippen molar-refractivity contribution in [2.45, 2.75) is 6.92 Å². The Morgan fingerprint density at radius 1 is 1.75 bits per heavy atom. The van der Waals surface area contributed by atoms with Crippen molar-refractivity contribution in [1.29, 1.82) is 0 Å². The maximum Gasteiger partial charge on any atom is 0.0610 e. The molecule has 0 aliphatic carbocycles. The second-order valence-corrected chi connectivity index (χ2v) is 2.47. The predicted octanol–water partition coefficient (Wildman–Crippen LogP) is -0.225. The van der Waals surface area contributed by atoms with Crippen molar-refractivity contribution in [2.75, 3.05) is 19.5 Å². The summed E-state index contributed by atoms with van der Waals surface area (Å²) >= 11 is -1.92. The molecule has 0 saturated carbocycles. The average molecular weight is 136 g/mol. The molecule has 0 amide bonds. The van der Waals surface area contributed by atoms with Gasteiger partial charge in [-0.15, -0.1) is 0 Å². The van der Waals surface area contributed by atoms with Gasteiger partial charge in [0.25, 0.3) is 0 Å². The lowest BCUT2D eigenvalue weighted by atomic mass is 10.7. The number of hydrogen-bond acceptors (Lipinski definition) is 3. The van der Waals surface area contributed by atoms with Crippen molar-refractivity contribution >= 4 is 11.1 Å². The van der Waals surface area contributed by atoms with Gasteiger partial charge in [0.2, 0.25) is 0 Å². The SMILES string of the molecule is CCN(C)CS(=O)[O-]. The molecule has 0 aromatic carbocycles. The van der Waals surface area contributed by atoms with Crippen molar-refractivity contribution in [2.24, 2.45) is 0 Å². The standard InChI is InChI=1S/C4H11NO2S/c1-3-5(2)4-8(6)7/h3-4H2,1-2H3,(H,6,7)/p-1. The topological polar surface area (TPSA) is 43.4 Å². The van der Waals surface area contributed by atoms with Crippen LogP contribution in [0.25, 0.3) is 0 Å². The van der Waals surface area contributed by atoms with E-state index in [4.69, 9.17) is 0 Å². The van der Waals surface area contributed by atoms with E-state index in [1.165, 1.54) is 0 Å². The monoisotopic (exact) mass is 136 g/mol. The van der Waals surface area contributed by atoms with Crippen LogP contribution in [-0.4, -0.2) is 33.1 Å². The van der Waals surface area contributed by atoms with Gasteiger partial charge in [-0.1, -0.05) is 6.92 Å².